The third kappa shape index (κ3) is 3.79. The molecular formula is C19H26N4O2. The van der Waals surface area contributed by atoms with Gasteiger partial charge in [0.15, 0.2) is 0 Å². The summed E-state index contributed by atoms with van der Waals surface area (Å²) in [7, 11) is 0. The summed E-state index contributed by atoms with van der Waals surface area (Å²) in [5, 5.41) is 6.11. The van der Waals surface area contributed by atoms with Crippen molar-refractivity contribution in [3.8, 4) is 0 Å². The Balaban J connectivity index is 1.29. The molecule has 2 aromatic heterocycles. The van der Waals surface area contributed by atoms with Crippen LogP contribution in [0.1, 0.15) is 50.5 Å². The van der Waals surface area contributed by atoms with Crippen LogP contribution in [0, 0.1) is 0 Å². The molecule has 3 heterocycles. The zero-order valence-corrected chi connectivity index (χ0v) is 14.5. The second kappa shape index (κ2) is 7.04. The van der Waals surface area contributed by atoms with Gasteiger partial charge in [-0.1, -0.05) is 19.3 Å². The van der Waals surface area contributed by atoms with Gasteiger partial charge in [-0.3, -0.25) is 0 Å². The molecule has 0 aromatic carbocycles. The van der Waals surface area contributed by atoms with Crippen molar-refractivity contribution >= 4 is 11.7 Å². The summed E-state index contributed by atoms with van der Waals surface area (Å²) in [5.74, 6) is 0. The molecule has 6 heteroatoms. The summed E-state index contributed by atoms with van der Waals surface area (Å²) in [6.45, 7) is 1.26. The van der Waals surface area contributed by atoms with Crippen LogP contribution in [-0.2, 0) is 11.3 Å². The number of pyridine rings is 1. The average Bonchev–Trinajstić information content (AvgIpc) is 3.08. The summed E-state index contributed by atoms with van der Waals surface area (Å²) in [6, 6.07) is 4.11. The Morgan fingerprint density at radius 3 is 3.08 bits per heavy atom. The first-order chi connectivity index (χ1) is 12.2. The molecule has 1 saturated heterocycles. The van der Waals surface area contributed by atoms with Crippen molar-refractivity contribution < 1.29 is 9.53 Å². The summed E-state index contributed by atoms with van der Waals surface area (Å²) >= 11 is 0. The number of urea groups is 1. The molecule has 0 bridgehead atoms. The Hall–Kier alpha value is -2.08. The number of amides is 2. The maximum absolute atomic E-state index is 12.3. The Labute approximate surface area is 148 Å². The van der Waals surface area contributed by atoms with Crippen molar-refractivity contribution in [2.24, 2.45) is 0 Å². The molecule has 25 heavy (non-hydrogen) atoms. The lowest BCUT2D eigenvalue weighted by Crippen LogP contribution is -2.51. The lowest BCUT2D eigenvalue weighted by Gasteiger charge is -2.43. The van der Waals surface area contributed by atoms with Crippen molar-refractivity contribution in [1.82, 2.24) is 20.0 Å². The second-order valence-corrected chi connectivity index (χ2v) is 7.34. The topological polar surface area (TPSA) is 67.7 Å². The molecule has 2 fully saturated rings. The minimum Gasteiger partial charge on any atom is -0.375 e. The number of carbonyl (C=O) groups is 1. The van der Waals surface area contributed by atoms with E-state index in [1.54, 1.807) is 6.20 Å². The van der Waals surface area contributed by atoms with E-state index in [9.17, 15) is 4.79 Å². The third-order valence-electron chi connectivity index (χ3n) is 5.51. The van der Waals surface area contributed by atoms with Crippen LogP contribution in [0.5, 0.6) is 0 Å². The third-order valence-corrected chi connectivity index (χ3v) is 5.51. The standard InChI is InChI=1S/C19H26N4O2/c24-18(21-14-15-4-9-23-10-8-20-17(23)12-15)22-16-5-11-25-19(13-16)6-2-1-3-7-19/h4,8-10,12,16H,1-3,5-7,11,13-14H2,(H2,21,22,24)/t16-/m0/s1. The highest BCUT2D eigenvalue weighted by Crippen LogP contribution is 2.38. The van der Waals surface area contributed by atoms with Crippen LogP contribution < -0.4 is 10.6 Å². The summed E-state index contributed by atoms with van der Waals surface area (Å²) in [6.07, 6.45) is 13.6. The van der Waals surface area contributed by atoms with E-state index in [-0.39, 0.29) is 17.7 Å². The van der Waals surface area contributed by atoms with Crippen LogP contribution in [0.4, 0.5) is 4.79 Å². The lowest BCUT2D eigenvalue weighted by atomic mass is 9.78. The monoisotopic (exact) mass is 342 g/mol. The minimum atomic E-state index is -0.0962. The average molecular weight is 342 g/mol. The number of ether oxygens (including phenoxy) is 1. The number of aromatic nitrogens is 2. The van der Waals surface area contributed by atoms with Gasteiger partial charge in [0.2, 0.25) is 0 Å². The van der Waals surface area contributed by atoms with Crippen LogP contribution in [0.3, 0.4) is 0 Å². The molecule has 1 atom stereocenters. The van der Waals surface area contributed by atoms with E-state index < -0.39 is 0 Å². The molecule has 134 valence electrons. The number of hydrogen-bond donors (Lipinski definition) is 2. The van der Waals surface area contributed by atoms with Gasteiger partial charge < -0.3 is 19.8 Å². The first-order valence-electron chi connectivity index (χ1n) is 9.32. The molecule has 4 rings (SSSR count). The molecule has 2 amide bonds. The smallest absolute Gasteiger partial charge is 0.315 e. The Morgan fingerprint density at radius 2 is 2.20 bits per heavy atom. The summed E-state index contributed by atoms with van der Waals surface area (Å²) < 4.78 is 8.05. The number of rotatable bonds is 3. The number of hydrogen-bond acceptors (Lipinski definition) is 3. The van der Waals surface area contributed by atoms with Crippen LogP contribution in [0.15, 0.2) is 30.7 Å². The maximum atomic E-state index is 12.3. The minimum absolute atomic E-state index is 0.0140. The number of fused-ring (bicyclic) bond motifs is 1. The van der Waals surface area contributed by atoms with Gasteiger partial charge in [0.05, 0.1) is 5.60 Å². The van der Waals surface area contributed by atoms with Gasteiger partial charge in [0.25, 0.3) is 0 Å². The van der Waals surface area contributed by atoms with Crippen molar-refractivity contribution in [2.45, 2.75) is 63.1 Å². The van der Waals surface area contributed by atoms with E-state index in [0.717, 1.165) is 43.5 Å². The normalized spacial score (nSPS) is 22.8. The van der Waals surface area contributed by atoms with Crippen molar-refractivity contribution in [2.75, 3.05) is 6.61 Å². The predicted molar refractivity (Wildman–Crippen MR) is 95.4 cm³/mol. The molecule has 1 spiro atoms. The first-order valence-corrected chi connectivity index (χ1v) is 9.32. The Bertz CT molecular complexity index is 730. The highest BCUT2D eigenvalue weighted by Gasteiger charge is 2.38. The van der Waals surface area contributed by atoms with E-state index in [1.165, 1.54) is 19.3 Å². The van der Waals surface area contributed by atoms with Gasteiger partial charge in [-0.25, -0.2) is 9.78 Å². The number of nitrogens with one attached hydrogen (secondary N) is 2. The van der Waals surface area contributed by atoms with Gasteiger partial charge in [-0.15, -0.1) is 0 Å². The molecule has 6 nitrogen and oxygen atoms in total. The molecule has 1 aliphatic carbocycles. The van der Waals surface area contributed by atoms with E-state index in [4.69, 9.17) is 4.74 Å². The zero-order chi connectivity index (χ0) is 17.1. The number of imidazole rings is 1. The molecule has 2 N–H and O–H groups in total. The van der Waals surface area contributed by atoms with Crippen LogP contribution in [0.2, 0.25) is 0 Å². The van der Waals surface area contributed by atoms with E-state index >= 15 is 0 Å². The van der Waals surface area contributed by atoms with Gasteiger partial charge in [0, 0.05) is 37.8 Å². The molecule has 2 aromatic rings. The summed E-state index contributed by atoms with van der Waals surface area (Å²) in [5.41, 5.74) is 1.95. The predicted octanol–water partition coefficient (Wildman–Crippen LogP) is 3.02. The van der Waals surface area contributed by atoms with Crippen LogP contribution in [0.25, 0.3) is 5.65 Å². The van der Waals surface area contributed by atoms with E-state index in [0.29, 0.717) is 6.54 Å². The fraction of sp³-hybridized carbons (Fsp3) is 0.579. The SMILES string of the molecule is O=C(NCc1ccn2ccnc2c1)N[C@H]1CCOC2(CCCCC2)C1. The van der Waals surface area contributed by atoms with Gasteiger partial charge in [0.1, 0.15) is 5.65 Å². The number of carbonyl (C=O) groups excluding carboxylic acids is 1. The fourth-order valence-corrected chi connectivity index (χ4v) is 4.18. The second-order valence-electron chi connectivity index (χ2n) is 7.34. The quantitative estimate of drug-likeness (QED) is 0.901. The molecule has 1 saturated carbocycles. The molecule has 0 radical (unpaired) electrons. The molecular weight excluding hydrogens is 316 g/mol. The van der Waals surface area contributed by atoms with Crippen molar-refractivity contribution in [3.63, 3.8) is 0 Å². The van der Waals surface area contributed by atoms with Crippen molar-refractivity contribution in [1.29, 1.82) is 0 Å². The van der Waals surface area contributed by atoms with E-state index in [1.807, 2.05) is 28.9 Å². The lowest BCUT2D eigenvalue weighted by molar-refractivity contribution is -0.107. The molecule has 2 aliphatic rings. The zero-order valence-electron chi connectivity index (χ0n) is 14.5. The molecule has 0 unspecified atom stereocenters. The van der Waals surface area contributed by atoms with Gasteiger partial charge in [-0.05, 0) is 43.4 Å². The Kier molecular flexibility index (Phi) is 4.61. The van der Waals surface area contributed by atoms with E-state index in [2.05, 4.69) is 15.6 Å². The highest BCUT2D eigenvalue weighted by atomic mass is 16.5. The van der Waals surface area contributed by atoms with Gasteiger partial charge >= 0.3 is 6.03 Å². The summed E-state index contributed by atoms with van der Waals surface area (Å²) in [4.78, 5) is 16.6. The number of nitrogens with zero attached hydrogens (tertiary/aromatic N) is 2. The molecule has 1 aliphatic heterocycles. The maximum Gasteiger partial charge on any atom is 0.315 e. The highest BCUT2D eigenvalue weighted by molar-refractivity contribution is 5.74. The van der Waals surface area contributed by atoms with Crippen LogP contribution >= 0.6 is 0 Å². The first kappa shape index (κ1) is 16.4. The van der Waals surface area contributed by atoms with Gasteiger partial charge in [-0.2, -0.15) is 0 Å². The van der Waals surface area contributed by atoms with Crippen molar-refractivity contribution in [3.05, 3.63) is 36.3 Å². The Morgan fingerprint density at radius 1 is 1.32 bits per heavy atom. The fourth-order valence-electron chi connectivity index (χ4n) is 4.18. The van der Waals surface area contributed by atoms with Crippen LogP contribution in [-0.4, -0.2) is 33.7 Å². The largest absolute Gasteiger partial charge is 0.375 e.